The van der Waals surface area contributed by atoms with E-state index in [1.54, 1.807) is 0 Å². The Morgan fingerprint density at radius 2 is 0.833 bits per heavy atom. The molecule has 8 aromatic rings. The Balaban J connectivity index is 1.19. The van der Waals surface area contributed by atoms with Crippen molar-refractivity contribution in [1.29, 1.82) is 5.26 Å². The molecule has 7 aromatic carbocycles. The molecule has 0 atom stereocenters. The Kier molecular flexibility index (Phi) is 7.63. The third-order valence-electron chi connectivity index (χ3n) is 8.92. The van der Waals surface area contributed by atoms with E-state index in [4.69, 9.17) is 4.98 Å². The first-order chi connectivity index (χ1) is 23.7. The highest BCUT2D eigenvalue weighted by molar-refractivity contribution is 6.05. The number of hydrogen-bond acceptors (Lipinski definition) is 2. The molecule has 2 nitrogen and oxygen atoms in total. The number of nitriles is 1. The zero-order valence-corrected chi connectivity index (χ0v) is 26.2. The number of pyridine rings is 1. The molecule has 0 amide bonds. The molecule has 0 fully saturated rings. The molecule has 0 aliphatic rings. The predicted molar refractivity (Wildman–Crippen MR) is 199 cm³/mol. The second kappa shape index (κ2) is 12.7. The predicted octanol–water partition coefficient (Wildman–Crippen LogP) is 12.1. The third-order valence-corrected chi connectivity index (χ3v) is 8.92. The molecule has 2 heteroatoms. The zero-order valence-electron chi connectivity index (χ0n) is 26.2. The molecule has 0 saturated carbocycles. The molecule has 48 heavy (non-hydrogen) atoms. The van der Waals surface area contributed by atoms with Gasteiger partial charge < -0.3 is 0 Å². The molecule has 1 heterocycles. The van der Waals surface area contributed by atoms with Gasteiger partial charge in [0, 0.05) is 11.1 Å². The number of nitrogens with zero attached hydrogens (tertiary/aromatic N) is 2. The van der Waals surface area contributed by atoms with E-state index in [0.29, 0.717) is 5.56 Å². The second-order valence-electron chi connectivity index (χ2n) is 11.9. The minimum Gasteiger partial charge on any atom is -0.248 e. The van der Waals surface area contributed by atoms with E-state index >= 15 is 0 Å². The van der Waals surface area contributed by atoms with Gasteiger partial charge in [-0.05, 0) is 85.6 Å². The summed E-state index contributed by atoms with van der Waals surface area (Å²) in [5.41, 5.74) is 13.9. The van der Waals surface area contributed by atoms with Gasteiger partial charge in [-0.25, -0.2) is 4.98 Å². The van der Waals surface area contributed by atoms with Gasteiger partial charge in [0.25, 0.3) is 0 Å². The van der Waals surface area contributed by atoms with Crippen molar-refractivity contribution in [2.75, 3.05) is 0 Å². The SMILES string of the molecule is N#Cc1cccc(-c2ccc(-c3ccc(-c4cccc(-c5cc(-c6ccccc6)cc(-c6ccccc6)n5)c4)c4ccccc34)cc2)c1. The number of hydrogen-bond donors (Lipinski definition) is 0. The molecule has 0 unspecified atom stereocenters. The van der Waals surface area contributed by atoms with E-state index < -0.39 is 0 Å². The summed E-state index contributed by atoms with van der Waals surface area (Å²) in [6.07, 6.45) is 0. The highest BCUT2D eigenvalue weighted by Crippen LogP contribution is 2.38. The van der Waals surface area contributed by atoms with Crippen LogP contribution in [0.2, 0.25) is 0 Å². The molecule has 0 radical (unpaired) electrons. The number of rotatable bonds is 6. The van der Waals surface area contributed by atoms with Gasteiger partial charge in [-0.15, -0.1) is 0 Å². The fourth-order valence-electron chi connectivity index (χ4n) is 6.49. The van der Waals surface area contributed by atoms with Crippen LogP contribution < -0.4 is 0 Å². The van der Waals surface area contributed by atoms with Crippen LogP contribution in [0, 0.1) is 11.3 Å². The Morgan fingerprint density at radius 1 is 0.333 bits per heavy atom. The first kappa shape index (κ1) is 28.9. The lowest BCUT2D eigenvalue weighted by atomic mass is 9.90. The summed E-state index contributed by atoms with van der Waals surface area (Å²) < 4.78 is 0. The third kappa shape index (κ3) is 5.66. The Morgan fingerprint density at radius 3 is 1.52 bits per heavy atom. The molecule has 0 saturated heterocycles. The van der Waals surface area contributed by atoms with Crippen LogP contribution in [0.5, 0.6) is 0 Å². The summed E-state index contributed by atoms with van der Waals surface area (Å²) in [5, 5.41) is 11.7. The highest BCUT2D eigenvalue weighted by atomic mass is 14.7. The minimum absolute atomic E-state index is 0.665. The molecule has 0 bridgehead atoms. The van der Waals surface area contributed by atoms with Gasteiger partial charge in [-0.1, -0.05) is 152 Å². The first-order valence-electron chi connectivity index (χ1n) is 16.1. The zero-order chi connectivity index (χ0) is 32.3. The maximum Gasteiger partial charge on any atom is 0.0991 e. The Bertz CT molecular complexity index is 2380. The molecule has 0 spiro atoms. The molecule has 224 valence electrons. The fourth-order valence-corrected chi connectivity index (χ4v) is 6.49. The van der Waals surface area contributed by atoms with Gasteiger partial charge in [-0.3, -0.25) is 0 Å². The van der Waals surface area contributed by atoms with Crippen molar-refractivity contribution >= 4 is 10.8 Å². The summed E-state index contributed by atoms with van der Waals surface area (Å²) >= 11 is 0. The lowest BCUT2D eigenvalue weighted by molar-refractivity contribution is 1.32. The largest absolute Gasteiger partial charge is 0.248 e. The lowest BCUT2D eigenvalue weighted by Gasteiger charge is -2.14. The van der Waals surface area contributed by atoms with Crippen LogP contribution >= 0.6 is 0 Å². The van der Waals surface area contributed by atoms with Crippen LogP contribution in [0.15, 0.2) is 182 Å². The van der Waals surface area contributed by atoms with E-state index in [1.165, 1.54) is 27.5 Å². The van der Waals surface area contributed by atoms with Crippen molar-refractivity contribution in [3.05, 3.63) is 188 Å². The minimum atomic E-state index is 0.665. The van der Waals surface area contributed by atoms with Crippen molar-refractivity contribution < 1.29 is 0 Å². The standard InChI is InChI=1S/C46H30N2/c47-31-32-11-9-16-37(27-32)34-21-23-35(24-22-34)41-25-26-42(44-20-8-7-19-43(41)44)38-17-10-18-39(28-38)46-30-40(33-12-3-1-4-13-33)29-45(48-46)36-14-5-2-6-15-36/h1-30H. The van der Waals surface area contributed by atoms with Gasteiger partial charge in [0.15, 0.2) is 0 Å². The van der Waals surface area contributed by atoms with E-state index in [1.807, 2.05) is 30.3 Å². The maximum absolute atomic E-state index is 9.34. The second-order valence-corrected chi connectivity index (χ2v) is 11.9. The van der Waals surface area contributed by atoms with E-state index in [0.717, 1.165) is 50.3 Å². The van der Waals surface area contributed by atoms with Crippen molar-refractivity contribution in [2.45, 2.75) is 0 Å². The van der Waals surface area contributed by atoms with Crippen LogP contribution in [-0.2, 0) is 0 Å². The molecule has 0 aliphatic carbocycles. The molecule has 0 N–H and O–H groups in total. The van der Waals surface area contributed by atoms with E-state index in [2.05, 4.69) is 158 Å². The topological polar surface area (TPSA) is 36.7 Å². The summed E-state index contributed by atoms with van der Waals surface area (Å²) in [5.74, 6) is 0. The Labute approximate surface area is 280 Å². The van der Waals surface area contributed by atoms with E-state index in [9.17, 15) is 5.26 Å². The van der Waals surface area contributed by atoms with Gasteiger partial charge in [0.05, 0.1) is 23.0 Å². The van der Waals surface area contributed by atoms with E-state index in [-0.39, 0.29) is 0 Å². The number of benzene rings is 7. The van der Waals surface area contributed by atoms with Gasteiger partial charge >= 0.3 is 0 Å². The highest BCUT2D eigenvalue weighted by Gasteiger charge is 2.13. The smallest absolute Gasteiger partial charge is 0.0991 e. The molecule has 1 aromatic heterocycles. The van der Waals surface area contributed by atoms with Gasteiger partial charge in [0.2, 0.25) is 0 Å². The van der Waals surface area contributed by atoms with Crippen molar-refractivity contribution in [1.82, 2.24) is 4.98 Å². The quantitative estimate of drug-likeness (QED) is 0.188. The monoisotopic (exact) mass is 610 g/mol. The molecular formula is C46H30N2. The molecular weight excluding hydrogens is 581 g/mol. The van der Waals surface area contributed by atoms with Crippen LogP contribution in [-0.4, -0.2) is 4.98 Å². The number of aromatic nitrogens is 1. The van der Waals surface area contributed by atoms with Crippen LogP contribution in [0.25, 0.3) is 77.8 Å². The molecule has 8 rings (SSSR count). The van der Waals surface area contributed by atoms with Gasteiger partial charge in [0.1, 0.15) is 0 Å². The average Bonchev–Trinajstić information content (AvgIpc) is 3.18. The summed E-state index contributed by atoms with van der Waals surface area (Å²) in [6, 6.07) is 65.7. The number of fused-ring (bicyclic) bond motifs is 1. The summed E-state index contributed by atoms with van der Waals surface area (Å²) in [4.78, 5) is 5.17. The lowest BCUT2D eigenvalue weighted by Crippen LogP contribution is -1.92. The Hall–Kier alpha value is -6.56. The average molecular weight is 611 g/mol. The fraction of sp³-hybridized carbons (Fsp3) is 0. The van der Waals surface area contributed by atoms with Crippen molar-refractivity contribution in [2.24, 2.45) is 0 Å². The van der Waals surface area contributed by atoms with Crippen molar-refractivity contribution in [3.63, 3.8) is 0 Å². The summed E-state index contributed by atoms with van der Waals surface area (Å²) in [6.45, 7) is 0. The first-order valence-corrected chi connectivity index (χ1v) is 16.1. The maximum atomic E-state index is 9.34. The summed E-state index contributed by atoms with van der Waals surface area (Å²) in [7, 11) is 0. The normalized spacial score (nSPS) is 10.9. The van der Waals surface area contributed by atoms with Crippen LogP contribution in [0.4, 0.5) is 0 Å². The molecule has 0 aliphatic heterocycles. The van der Waals surface area contributed by atoms with Crippen LogP contribution in [0.1, 0.15) is 5.56 Å². The van der Waals surface area contributed by atoms with Crippen LogP contribution in [0.3, 0.4) is 0 Å². The van der Waals surface area contributed by atoms with Gasteiger partial charge in [-0.2, -0.15) is 5.26 Å². The van der Waals surface area contributed by atoms with Crippen molar-refractivity contribution in [3.8, 4) is 73.1 Å².